The Hall–Kier alpha value is -2.68. The molecule has 0 amide bonds. The topological polar surface area (TPSA) is 97.5 Å². The van der Waals surface area contributed by atoms with Crippen molar-refractivity contribution in [3.8, 4) is 0 Å². The fourth-order valence-corrected chi connectivity index (χ4v) is 1.02. The summed E-state index contributed by atoms with van der Waals surface area (Å²) in [6, 6.07) is 7.44. The van der Waals surface area contributed by atoms with Crippen LogP contribution in [0, 0.1) is 0 Å². The monoisotopic (exact) mass is 212 g/mol. The van der Waals surface area contributed by atoms with Gasteiger partial charge in [0.2, 0.25) is 0 Å². The molecule has 0 saturated carbocycles. The number of benzene rings is 1. The third-order valence-electron chi connectivity index (χ3n) is 1.71. The maximum atomic E-state index is 8.07. The first-order valence-corrected chi connectivity index (χ1v) is 4.38. The van der Waals surface area contributed by atoms with Crippen LogP contribution in [0.4, 0.5) is 0 Å². The molecule has 0 saturated heterocycles. The molecule has 6 nitrogen and oxygen atoms in total. The number of azide groups is 2. The molecule has 0 aliphatic carbocycles. The first-order valence-electron chi connectivity index (χ1n) is 4.38. The zero-order valence-electron chi connectivity index (χ0n) is 8.30. The van der Waals surface area contributed by atoms with Gasteiger partial charge >= 0.3 is 0 Å². The normalized spacial score (nSPS) is 10.0. The van der Waals surface area contributed by atoms with Gasteiger partial charge in [-0.3, -0.25) is 0 Å². The van der Waals surface area contributed by atoms with Crippen LogP contribution in [-0.2, 0) is 0 Å². The number of nitrogens with zero attached hydrogens (tertiary/aromatic N) is 6. The van der Waals surface area contributed by atoms with Gasteiger partial charge in [-0.25, -0.2) is 0 Å². The molecule has 0 bridgehead atoms. The highest BCUT2D eigenvalue weighted by Crippen LogP contribution is 2.08. The molecule has 0 unspecified atom stereocenters. The highest BCUT2D eigenvalue weighted by molar-refractivity contribution is 5.55. The summed E-state index contributed by atoms with van der Waals surface area (Å²) in [5.74, 6) is 0. The molecule has 0 aliphatic rings. The predicted octanol–water partition coefficient (Wildman–Crippen LogP) is 4.25. The Morgan fingerprint density at radius 3 is 1.50 bits per heavy atom. The molecule has 0 radical (unpaired) electrons. The number of rotatable bonds is 4. The molecular formula is C10H8N6. The van der Waals surface area contributed by atoms with Crippen molar-refractivity contribution in [2.24, 2.45) is 10.2 Å². The lowest BCUT2D eigenvalue weighted by Crippen LogP contribution is -1.73. The van der Waals surface area contributed by atoms with Gasteiger partial charge in [-0.05, 0) is 22.2 Å². The molecule has 0 atom stereocenters. The van der Waals surface area contributed by atoms with Crippen LogP contribution in [0.2, 0.25) is 0 Å². The van der Waals surface area contributed by atoms with Crippen molar-refractivity contribution in [3.05, 3.63) is 68.7 Å². The predicted molar refractivity (Wildman–Crippen MR) is 62.8 cm³/mol. The standard InChI is InChI=1S/C10H8N6/c11-15-13-7-5-9-1-2-10(4-3-9)6-8-14-16-12/h1-8H/b7-5+,8-6+. The van der Waals surface area contributed by atoms with Crippen molar-refractivity contribution in [1.29, 1.82) is 0 Å². The summed E-state index contributed by atoms with van der Waals surface area (Å²) in [6.45, 7) is 0. The average Bonchev–Trinajstić information content (AvgIpc) is 2.32. The highest BCUT2D eigenvalue weighted by atomic mass is 15.1. The Bertz CT molecular complexity index is 440. The zero-order valence-corrected chi connectivity index (χ0v) is 8.30. The van der Waals surface area contributed by atoms with Crippen molar-refractivity contribution in [1.82, 2.24) is 0 Å². The molecule has 16 heavy (non-hydrogen) atoms. The van der Waals surface area contributed by atoms with E-state index >= 15 is 0 Å². The molecule has 0 aromatic heterocycles. The van der Waals surface area contributed by atoms with E-state index < -0.39 is 0 Å². The molecule has 0 aliphatic heterocycles. The zero-order chi connectivity index (χ0) is 11.6. The molecule has 0 heterocycles. The minimum atomic E-state index is 0.924. The molecule has 1 aromatic rings. The Morgan fingerprint density at radius 1 is 0.812 bits per heavy atom. The fourth-order valence-electron chi connectivity index (χ4n) is 1.02. The second-order valence-electron chi connectivity index (χ2n) is 2.71. The van der Waals surface area contributed by atoms with Gasteiger partial charge in [-0.15, -0.1) is 0 Å². The van der Waals surface area contributed by atoms with Crippen molar-refractivity contribution < 1.29 is 0 Å². The van der Waals surface area contributed by atoms with Gasteiger partial charge in [0, 0.05) is 22.2 Å². The van der Waals surface area contributed by atoms with Gasteiger partial charge in [0.25, 0.3) is 0 Å². The number of hydrogen-bond donors (Lipinski definition) is 0. The van der Waals surface area contributed by atoms with E-state index in [1.54, 1.807) is 12.2 Å². The van der Waals surface area contributed by atoms with Crippen LogP contribution in [0.3, 0.4) is 0 Å². The summed E-state index contributed by atoms with van der Waals surface area (Å²) in [5.41, 5.74) is 18.0. The first-order chi connectivity index (χ1) is 7.86. The van der Waals surface area contributed by atoms with Crippen LogP contribution in [0.15, 0.2) is 46.9 Å². The van der Waals surface area contributed by atoms with Gasteiger partial charge in [0.05, 0.1) is 0 Å². The van der Waals surface area contributed by atoms with Crippen molar-refractivity contribution in [2.75, 3.05) is 0 Å². The Morgan fingerprint density at radius 2 is 1.19 bits per heavy atom. The molecule has 0 fully saturated rings. The molecule has 78 valence electrons. The largest absolute Gasteiger partial charge is 0.0686 e. The minimum Gasteiger partial charge on any atom is -0.0686 e. The van der Waals surface area contributed by atoms with Gasteiger partial charge in [-0.1, -0.05) is 46.6 Å². The first kappa shape index (κ1) is 11.4. The van der Waals surface area contributed by atoms with E-state index in [9.17, 15) is 0 Å². The van der Waals surface area contributed by atoms with E-state index in [4.69, 9.17) is 11.1 Å². The van der Waals surface area contributed by atoms with Crippen LogP contribution in [-0.4, -0.2) is 0 Å². The average molecular weight is 212 g/mol. The van der Waals surface area contributed by atoms with Crippen LogP contribution in [0.1, 0.15) is 11.1 Å². The Kier molecular flexibility index (Phi) is 4.79. The van der Waals surface area contributed by atoms with E-state index in [0.717, 1.165) is 11.1 Å². The van der Waals surface area contributed by atoms with E-state index in [0.29, 0.717) is 0 Å². The molecule has 6 heteroatoms. The van der Waals surface area contributed by atoms with Crippen molar-refractivity contribution in [2.45, 2.75) is 0 Å². The summed E-state index contributed by atoms with van der Waals surface area (Å²) in [7, 11) is 0. The van der Waals surface area contributed by atoms with Crippen molar-refractivity contribution >= 4 is 12.2 Å². The maximum Gasteiger partial charge on any atom is 0.00475 e. The third kappa shape index (κ3) is 4.02. The minimum absolute atomic E-state index is 0.924. The lowest BCUT2D eigenvalue weighted by Gasteiger charge is -1.94. The fraction of sp³-hybridized carbons (Fsp3) is 0. The molecular weight excluding hydrogens is 204 g/mol. The quantitative estimate of drug-likeness (QED) is 0.405. The lowest BCUT2D eigenvalue weighted by atomic mass is 10.1. The second kappa shape index (κ2) is 6.73. The SMILES string of the molecule is [N-]=[N+]=N/C=C/c1ccc(/C=C/N=[N+]=[N-])cc1. The second-order valence-corrected chi connectivity index (χ2v) is 2.71. The van der Waals surface area contributed by atoms with Crippen LogP contribution >= 0.6 is 0 Å². The Labute approximate surface area is 91.8 Å². The summed E-state index contributed by atoms with van der Waals surface area (Å²) < 4.78 is 0. The van der Waals surface area contributed by atoms with Crippen LogP contribution in [0.25, 0.3) is 33.0 Å². The van der Waals surface area contributed by atoms with E-state index in [1.165, 1.54) is 12.4 Å². The highest BCUT2D eigenvalue weighted by Gasteiger charge is 1.86. The van der Waals surface area contributed by atoms with Crippen molar-refractivity contribution in [3.63, 3.8) is 0 Å². The van der Waals surface area contributed by atoms with E-state index in [1.807, 2.05) is 24.3 Å². The summed E-state index contributed by atoms with van der Waals surface area (Å²) in [6.07, 6.45) is 6.15. The summed E-state index contributed by atoms with van der Waals surface area (Å²) in [4.78, 5) is 5.20. The molecule has 0 spiro atoms. The number of hydrogen-bond acceptors (Lipinski definition) is 2. The molecule has 1 rings (SSSR count). The summed E-state index contributed by atoms with van der Waals surface area (Å²) >= 11 is 0. The van der Waals surface area contributed by atoms with Gasteiger partial charge in [0.1, 0.15) is 0 Å². The van der Waals surface area contributed by atoms with E-state index in [2.05, 4.69) is 20.1 Å². The molecule has 0 N–H and O–H groups in total. The third-order valence-corrected chi connectivity index (χ3v) is 1.71. The Balaban J connectivity index is 2.74. The smallest absolute Gasteiger partial charge is 0.00475 e. The van der Waals surface area contributed by atoms with Crippen LogP contribution < -0.4 is 0 Å². The van der Waals surface area contributed by atoms with E-state index in [-0.39, 0.29) is 0 Å². The molecule has 1 aromatic carbocycles. The van der Waals surface area contributed by atoms with Gasteiger partial charge < -0.3 is 0 Å². The summed E-state index contributed by atoms with van der Waals surface area (Å²) in [5, 5.41) is 6.56. The van der Waals surface area contributed by atoms with Crippen LogP contribution in [0.5, 0.6) is 0 Å². The maximum absolute atomic E-state index is 8.07. The lowest BCUT2D eigenvalue weighted by molar-refractivity contribution is 1.51. The van der Waals surface area contributed by atoms with Gasteiger partial charge in [0.15, 0.2) is 0 Å². The van der Waals surface area contributed by atoms with Gasteiger partial charge in [-0.2, -0.15) is 0 Å².